The minimum atomic E-state index is -0.226. The molecule has 0 aliphatic carbocycles. The van der Waals surface area contributed by atoms with Crippen molar-refractivity contribution in [3.8, 4) is 0 Å². The highest BCUT2D eigenvalue weighted by molar-refractivity contribution is 5.76. The van der Waals surface area contributed by atoms with Crippen molar-refractivity contribution in [2.24, 2.45) is 5.84 Å². The molecular weight excluding hydrogens is 267 g/mol. The van der Waals surface area contributed by atoms with Gasteiger partial charge < -0.3 is 4.57 Å². The van der Waals surface area contributed by atoms with Gasteiger partial charge in [0.15, 0.2) is 0 Å². The number of nitrogens with two attached hydrogens (primary N) is 1. The van der Waals surface area contributed by atoms with Gasteiger partial charge in [-0.05, 0) is 29.8 Å². The molecule has 0 saturated heterocycles. The summed E-state index contributed by atoms with van der Waals surface area (Å²) in [5.74, 6) is 6.43. The van der Waals surface area contributed by atoms with Crippen molar-refractivity contribution in [3.63, 3.8) is 0 Å². The summed E-state index contributed by atoms with van der Waals surface area (Å²) in [6, 6.07) is 14.5. The number of fused-ring (bicyclic) bond motifs is 1. The number of hydrogen-bond donors (Lipinski definition) is 1. The second-order valence-electron chi connectivity index (χ2n) is 5.14. The maximum atomic E-state index is 13.0. The van der Waals surface area contributed by atoms with Crippen LogP contribution in [0, 0.1) is 5.82 Å². The summed E-state index contributed by atoms with van der Waals surface area (Å²) < 4.78 is 15.1. The molecule has 0 amide bonds. The first kappa shape index (κ1) is 13.7. The van der Waals surface area contributed by atoms with Crippen LogP contribution in [0.3, 0.4) is 0 Å². The van der Waals surface area contributed by atoms with Gasteiger partial charge in [-0.25, -0.2) is 14.4 Å². The Bertz CT molecular complexity index is 747. The molecule has 5 heteroatoms. The van der Waals surface area contributed by atoms with Crippen molar-refractivity contribution in [2.45, 2.75) is 13.1 Å². The molecule has 1 aromatic heterocycles. The Morgan fingerprint density at radius 1 is 1.14 bits per heavy atom. The molecular formula is C16H17FN4. The lowest BCUT2D eigenvalue weighted by molar-refractivity contribution is 0.327. The van der Waals surface area contributed by atoms with E-state index in [2.05, 4.69) is 9.55 Å². The third kappa shape index (κ3) is 2.94. The Morgan fingerprint density at radius 2 is 1.86 bits per heavy atom. The van der Waals surface area contributed by atoms with Crippen LogP contribution in [0.4, 0.5) is 4.39 Å². The van der Waals surface area contributed by atoms with E-state index in [9.17, 15) is 4.39 Å². The lowest BCUT2D eigenvalue weighted by atomic mass is 10.2. The maximum absolute atomic E-state index is 13.0. The molecule has 0 unspecified atom stereocenters. The number of nitrogens with zero attached hydrogens (tertiary/aromatic N) is 3. The minimum absolute atomic E-state index is 0.226. The molecule has 0 bridgehead atoms. The van der Waals surface area contributed by atoms with E-state index < -0.39 is 0 Å². The van der Waals surface area contributed by atoms with E-state index in [1.165, 1.54) is 12.1 Å². The first-order valence-corrected chi connectivity index (χ1v) is 6.78. The maximum Gasteiger partial charge on any atom is 0.125 e. The summed E-state index contributed by atoms with van der Waals surface area (Å²) in [7, 11) is 1.81. The molecule has 2 aromatic carbocycles. The zero-order valence-corrected chi connectivity index (χ0v) is 11.8. The number of imidazole rings is 1. The molecule has 0 spiro atoms. The smallest absolute Gasteiger partial charge is 0.125 e. The van der Waals surface area contributed by atoms with E-state index in [1.54, 1.807) is 17.1 Å². The van der Waals surface area contributed by atoms with E-state index in [1.807, 2.05) is 31.3 Å². The molecule has 4 nitrogen and oxygen atoms in total. The third-order valence-electron chi connectivity index (χ3n) is 3.38. The van der Waals surface area contributed by atoms with Gasteiger partial charge in [-0.2, -0.15) is 0 Å². The zero-order valence-electron chi connectivity index (χ0n) is 11.8. The average Bonchev–Trinajstić information content (AvgIpc) is 2.78. The van der Waals surface area contributed by atoms with E-state index >= 15 is 0 Å². The highest BCUT2D eigenvalue weighted by Crippen LogP contribution is 2.18. The second-order valence-corrected chi connectivity index (χ2v) is 5.14. The van der Waals surface area contributed by atoms with Crippen LogP contribution in [0.25, 0.3) is 11.0 Å². The van der Waals surface area contributed by atoms with E-state index in [0.29, 0.717) is 13.1 Å². The van der Waals surface area contributed by atoms with Crippen LogP contribution in [-0.2, 0) is 13.1 Å². The minimum Gasteiger partial charge on any atom is -0.322 e. The van der Waals surface area contributed by atoms with Gasteiger partial charge in [-0.3, -0.25) is 5.84 Å². The number of para-hydroxylation sites is 2. The summed E-state index contributed by atoms with van der Waals surface area (Å²) in [6.45, 7) is 1.19. The van der Waals surface area contributed by atoms with Gasteiger partial charge in [-0.1, -0.05) is 24.3 Å². The standard InChI is InChI=1S/C16H17FN4/c1-20(18)11-16-19-14-4-2-3-5-15(14)21(16)10-12-6-8-13(17)9-7-12/h2-9H,10-11,18H2,1H3. The summed E-state index contributed by atoms with van der Waals surface area (Å²) >= 11 is 0. The Hall–Kier alpha value is -2.24. The van der Waals surface area contributed by atoms with Gasteiger partial charge in [0, 0.05) is 13.6 Å². The van der Waals surface area contributed by atoms with Crippen LogP contribution in [0.1, 0.15) is 11.4 Å². The lowest BCUT2D eigenvalue weighted by Crippen LogP contribution is -2.27. The Labute approximate surface area is 122 Å². The molecule has 3 aromatic rings. The fourth-order valence-electron chi connectivity index (χ4n) is 2.42. The average molecular weight is 284 g/mol. The Balaban J connectivity index is 2.03. The van der Waals surface area contributed by atoms with Crippen LogP contribution in [-0.4, -0.2) is 21.6 Å². The van der Waals surface area contributed by atoms with E-state index in [4.69, 9.17) is 5.84 Å². The fraction of sp³-hybridized carbons (Fsp3) is 0.188. The van der Waals surface area contributed by atoms with E-state index in [-0.39, 0.29) is 5.82 Å². The first-order chi connectivity index (χ1) is 10.1. The summed E-state index contributed by atoms with van der Waals surface area (Å²) in [4.78, 5) is 4.63. The summed E-state index contributed by atoms with van der Waals surface area (Å²) in [5.41, 5.74) is 3.02. The molecule has 0 radical (unpaired) electrons. The van der Waals surface area contributed by atoms with Gasteiger partial charge in [0.25, 0.3) is 0 Å². The van der Waals surface area contributed by atoms with Crippen LogP contribution in [0.2, 0.25) is 0 Å². The number of rotatable bonds is 4. The van der Waals surface area contributed by atoms with Crippen molar-refractivity contribution in [1.82, 2.24) is 14.6 Å². The normalized spacial score (nSPS) is 11.4. The van der Waals surface area contributed by atoms with Gasteiger partial charge in [0.05, 0.1) is 17.6 Å². The van der Waals surface area contributed by atoms with E-state index in [0.717, 1.165) is 22.4 Å². The predicted molar refractivity (Wildman–Crippen MR) is 80.9 cm³/mol. The van der Waals surface area contributed by atoms with Crippen molar-refractivity contribution in [1.29, 1.82) is 0 Å². The molecule has 0 saturated carbocycles. The Kier molecular flexibility index (Phi) is 3.68. The summed E-state index contributed by atoms with van der Waals surface area (Å²) in [5, 5.41) is 1.60. The molecule has 0 aliphatic heterocycles. The topological polar surface area (TPSA) is 47.1 Å². The van der Waals surface area contributed by atoms with Crippen molar-refractivity contribution in [3.05, 3.63) is 65.7 Å². The summed E-state index contributed by atoms with van der Waals surface area (Å²) in [6.07, 6.45) is 0. The number of aromatic nitrogens is 2. The number of halogens is 1. The van der Waals surface area contributed by atoms with Gasteiger partial charge in [0.1, 0.15) is 11.6 Å². The molecule has 3 rings (SSSR count). The molecule has 0 aliphatic rings. The molecule has 21 heavy (non-hydrogen) atoms. The zero-order chi connectivity index (χ0) is 14.8. The van der Waals surface area contributed by atoms with Gasteiger partial charge in [0.2, 0.25) is 0 Å². The van der Waals surface area contributed by atoms with Crippen LogP contribution >= 0.6 is 0 Å². The highest BCUT2D eigenvalue weighted by Gasteiger charge is 2.11. The van der Waals surface area contributed by atoms with Crippen LogP contribution in [0.5, 0.6) is 0 Å². The largest absolute Gasteiger partial charge is 0.322 e. The number of hydrazine groups is 1. The van der Waals surface area contributed by atoms with Crippen molar-refractivity contribution in [2.75, 3.05) is 7.05 Å². The molecule has 0 fully saturated rings. The quantitative estimate of drug-likeness (QED) is 0.591. The lowest BCUT2D eigenvalue weighted by Gasteiger charge is -2.13. The highest BCUT2D eigenvalue weighted by atomic mass is 19.1. The molecule has 108 valence electrons. The Morgan fingerprint density at radius 3 is 2.57 bits per heavy atom. The van der Waals surface area contributed by atoms with Gasteiger partial charge in [-0.15, -0.1) is 0 Å². The van der Waals surface area contributed by atoms with Crippen molar-refractivity contribution >= 4 is 11.0 Å². The molecule has 0 atom stereocenters. The second kappa shape index (κ2) is 5.63. The van der Waals surface area contributed by atoms with Crippen LogP contribution < -0.4 is 5.84 Å². The first-order valence-electron chi connectivity index (χ1n) is 6.78. The third-order valence-corrected chi connectivity index (χ3v) is 3.38. The number of benzene rings is 2. The van der Waals surface area contributed by atoms with Gasteiger partial charge >= 0.3 is 0 Å². The molecule has 2 N–H and O–H groups in total. The number of hydrogen-bond acceptors (Lipinski definition) is 3. The van der Waals surface area contributed by atoms with Crippen LogP contribution in [0.15, 0.2) is 48.5 Å². The SMILES string of the molecule is CN(N)Cc1nc2ccccc2n1Cc1ccc(F)cc1. The molecule has 1 heterocycles. The van der Waals surface area contributed by atoms with Crippen molar-refractivity contribution < 1.29 is 4.39 Å². The fourth-order valence-corrected chi connectivity index (χ4v) is 2.42. The monoisotopic (exact) mass is 284 g/mol. The predicted octanol–water partition coefficient (Wildman–Crippen LogP) is 2.53.